The minimum absolute atomic E-state index is 0.0863. The van der Waals surface area contributed by atoms with Crippen molar-refractivity contribution in [1.82, 2.24) is 9.78 Å². The predicted molar refractivity (Wildman–Crippen MR) is 64.6 cm³/mol. The number of hydrogen-bond donors (Lipinski definition) is 0. The molecule has 0 unspecified atom stereocenters. The molecule has 2 rings (SSSR count). The second-order valence-electron chi connectivity index (χ2n) is 4.21. The maximum Gasteiger partial charge on any atom is 0.435 e. The Kier molecular flexibility index (Phi) is 3.71. The molecule has 4 nitrogen and oxygen atoms in total. The second-order valence-corrected chi connectivity index (χ2v) is 4.21. The van der Waals surface area contributed by atoms with Gasteiger partial charge in [0.05, 0.1) is 12.7 Å². The molecule has 0 aliphatic rings. The number of benzene rings is 1. The van der Waals surface area contributed by atoms with Crippen LogP contribution >= 0.6 is 0 Å². The number of halogens is 4. The van der Waals surface area contributed by atoms with Crippen molar-refractivity contribution in [3.63, 3.8) is 0 Å². The normalized spacial score (nSPS) is 11.5. The Labute approximate surface area is 116 Å². The average molecular weight is 302 g/mol. The molecule has 0 saturated heterocycles. The summed E-state index contributed by atoms with van der Waals surface area (Å²) in [6, 6.07) is 4.53. The average Bonchev–Trinajstić information content (AvgIpc) is 2.80. The van der Waals surface area contributed by atoms with Crippen LogP contribution in [0.3, 0.4) is 0 Å². The molecular formula is C13H10F4N2O2. The molecule has 0 aliphatic heterocycles. The second kappa shape index (κ2) is 5.19. The van der Waals surface area contributed by atoms with E-state index in [4.69, 9.17) is 0 Å². The van der Waals surface area contributed by atoms with Crippen molar-refractivity contribution >= 4 is 5.97 Å². The van der Waals surface area contributed by atoms with Crippen LogP contribution in [0.5, 0.6) is 0 Å². The number of hydrogen-bond acceptors (Lipinski definition) is 3. The van der Waals surface area contributed by atoms with Crippen molar-refractivity contribution in [3.8, 4) is 5.69 Å². The monoisotopic (exact) mass is 302 g/mol. The molecule has 0 radical (unpaired) electrons. The number of ether oxygens (including phenoxy) is 1. The molecule has 21 heavy (non-hydrogen) atoms. The molecule has 0 N–H and O–H groups in total. The molecule has 8 heteroatoms. The van der Waals surface area contributed by atoms with Gasteiger partial charge in [0.25, 0.3) is 0 Å². The van der Waals surface area contributed by atoms with Gasteiger partial charge < -0.3 is 4.74 Å². The topological polar surface area (TPSA) is 44.1 Å². The fourth-order valence-electron chi connectivity index (χ4n) is 1.81. The highest BCUT2D eigenvalue weighted by Crippen LogP contribution is 2.30. The van der Waals surface area contributed by atoms with Crippen LogP contribution in [0.2, 0.25) is 0 Å². The molecule has 0 aliphatic carbocycles. The lowest BCUT2D eigenvalue weighted by atomic mass is 10.2. The highest BCUT2D eigenvalue weighted by Gasteiger charge is 2.35. The lowest BCUT2D eigenvalue weighted by Gasteiger charge is -2.08. The Morgan fingerprint density at radius 3 is 2.52 bits per heavy atom. The number of nitrogens with zero attached hydrogens (tertiary/aromatic N) is 2. The first kappa shape index (κ1) is 15.0. The van der Waals surface area contributed by atoms with E-state index in [9.17, 15) is 22.4 Å². The standard InChI is InChI=1S/C13H10F4N2O2/c1-7-6-10(13(15,16)17)18-19(7)9-5-3-4-8(11(9)14)12(20)21-2/h3-6H,1-2H3. The molecule has 2 aromatic rings. The van der Waals surface area contributed by atoms with Crippen LogP contribution in [0.15, 0.2) is 24.3 Å². The van der Waals surface area contributed by atoms with Gasteiger partial charge in [0.1, 0.15) is 5.69 Å². The maximum absolute atomic E-state index is 14.2. The van der Waals surface area contributed by atoms with Crippen molar-refractivity contribution < 1.29 is 27.1 Å². The third-order valence-electron chi connectivity index (χ3n) is 2.79. The Morgan fingerprint density at radius 2 is 2.00 bits per heavy atom. The summed E-state index contributed by atoms with van der Waals surface area (Å²) in [5.41, 5.74) is -1.68. The summed E-state index contributed by atoms with van der Waals surface area (Å²) in [7, 11) is 1.08. The fourth-order valence-corrected chi connectivity index (χ4v) is 1.81. The maximum atomic E-state index is 14.2. The third kappa shape index (κ3) is 2.74. The highest BCUT2D eigenvalue weighted by atomic mass is 19.4. The summed E-state index contributed by atoms with van der Waals surface area (Å²) < 4.78 is 57.3. The van der Waals surface area contributed by atoms with Gasteiger partial charge in [0.2, 0.25) is 0 Å². The van der Waals surface area contributed by atoms with Crippen LogP contribution in [0.1, 0.15) is 21.7 Å². The van der Waals surface area contributed by atoms with Gasteiger partial charge >= 0.3 is 12.1 Å². The first-order valence-electron chi connectivity index (χ1n) is 5.76. The zero-order chi connectivity index (χ0) is 15.8. The van der Waals surface area contributed by atoms with Crippen molar-refractivity contribution in [2.24, 2.45) is 0 Å². The number of rotatable bonds is 2. The van der Waals surface area contributed by atoms with Crippen molar-refractivity contribution in [2.45, 2.75) is 13.1 Å². The minimum Gasteiger partial charge on any atom is -0.465 e. The van der Waals surface area contributed by atoms with Crippen molar-refractivity contribution in [3.05, 3.63) is 47.0 Å². The molecule has 112 valence electrons. The molecule has 0 saturated carbocycles. The van der Waals surface area contributed by atoms with Gasteiger partial charge in [-0.15, -0.1) is 0 Å². The first-order chi connectivity index (χ1) is 9.75. The van der Waals surface area contributed by atoms with Crippen LogP contribution < -0.4 is 0 Å². The van der Waals surface area contributed by atoms with E-state index in [1.54, 1.807) is 0 Å². The van der Waals surface area contributed by atoms with E-state index < -0.39 is 23.7 Å². The summed E-state index contributed by atoms with van der Waals surface area (Å²) in [5, 5.41) is 3.34. The lowest BCUT2D eigenvalue weighted by molar-refractivity contribution is -0.141. The molecule has 1 aromatic carbocycles. The number of alkyl halides is 3. The quantitative estimate of drug-likeness (QED) is 0.632. The largest absolute Gasteiger partial charge is 0.465 e. The molecule has 1 heterocycles. The van der Waals surface area contributed by atoms with E-state index in [-0.39, 0.29) is 16.9 Å². The Balaban J connectivity index is 2.58. The molecule has 0 fully saturated rings. The molecular weight excluding hydrogens is 292 g/mol. The molecule has 1 aromatic heterocycles. The fraction of sp³-hybridized carbons (Fsp3) is 0.231. The summed E-state index contributed by atoms with van der Waals surface area (Å²) >= 11 is 0. The minimum atomic E-state index is -4.63. The zero-order valence-corrected chi connectivity index (χ0v) is 11.0. The van der Waals surface area contributed by atoms with Crippen molar-refractivity contribution in [2.75, 3.05) is 7.11 Å². The Bertz CT molecular complexity index is 692. The van der Waals surface area contributed by atoms with Crippen LogP contribution in [-0.2, 0) is 10.9 Å². The predicted octanol–water partition coefficient (Wildman–Crippen LogP) is 3.13. The number of carbonyl (C=O) groups excluding carboxylic acids is 1. The summed E-state index contributed by atoms with van der Waals surface area (Å²) in [6.45, 7) is 1.35. The van der Waals surface area contributed by atoms with Gasteiger partial charge in [0.15, 0.2) is 11.5 Å². The van der Waals surface area contributed by atoms with Crippen LogP contribution in [0.4, 0.5) is 17.6 Å². The number of aryl methyl sites for hydroxylation is 1. The van der Waals surface area contributed by atoms with Gasteiger partial charge in [-0.25, -0.2) is 13.9 Å². The van der Waals surface area contributed by atoms with E-state index >= 15 is 0 Å². The van der Waals surface area contributed by atoms with E-state index in [0.717, 1.165) is 17.9 Å². The van der Waals surface area contributed by atoms with Crippen molar-refractivity contribution in [1.29, 1.82) is 0 Å². The van der Waals surface area contributed by atoms with Gasteiger partial charge in [-0.1, -0.05) is 6.07 Å². The van der Waals surface area contributed by atoms with Crippen LogP contribution in [-0.4, -0.2) is 22.9 Å². The summed E-state index contributed by atoms with van der Waals surface area (Å²) in [4.78, 5) is 11.4. The van der Waals surface area contributed by atoms with Crippen LogP contribution in [0.25, 0.3) is 5.69 Å². The van der Waals surface area contributed by atoms with E-state index in [0.29, 0.717) is 0 Å². The lowest BCUT2D eigenvalue weighted by Crippen LogP contribution is -2.11. The van der Waals surface area contributed by atoms with Gasteiger partial charge in [0, 0.05) is 5.69 Å². The molecule has 0 bridgehead atoms. The summed E-state index contributed by atoms with van der Waals surface area (Å²) in [6.07, 6.45) is -4.63. The number of carbonyl (C=O) groups is 1. The Hall–Kier alpha value is -2.38. The first-order valence-corrected chi connectivity index (χ1v) is 5.76. The smallest absolute Gasteiger partial charge is 0.435 e. The van der Waals surface area contributed by atoms with E-state index in [1.165, 1.54) is 25.1 Å². The van der Waals surface area contributed by atoms with Gasteiger partial charge in [-0.3, -0.25) is 0 Å². The third-order valence-corrected chi connectivity index (χ3v) is 2.79. The number of aromatic nitrogens is 2. The van der Waals surface area contributed by atoms with E-state index in [2.05, 4.69) is 9.84 Å². The number of methoxy groups -OCH3 is 1. The molecule has 0 amide bonds. The summed E-state index contributed by atoms with van der Waals surface area (Å²) in [5.74, 6) is -1.92. The highest BCUT2D eigenvalue weighted by molar-refractivity contribution is 5.90. The Morgan fingerprint density at radius 1 is 1.33 bits per heavy atom. The SMILES string of the molecule is COC(=O)c1cccc(-n2nc(C(F)(F)F)cc2C)c1F. The van der Waals surface area contributed by atoms with Gasteiger partial charge in [-0.2, -0.15) is 18.3 Å². The number of esters is 1. The zero-order valence-electron chi connectivity index (χ0n) is 11.0. The van der Waals surface area contributed by atoms with Crippen LogP contribution in [0, 0.1) is 12.7 Å². The van der Waals surface area contributed by atoms with Gasteiger partial charge in [-0.05, 0) is 25.1 Å². The molecule has 0 spiro atoms. The molecule has 0 atom stereocenters. The van der Waals surface area contributed by atoms with E-state index in [1.807, 2.05) is 0 Å².